The molecule has 0 aliphatic heterocycles. The molecule has 0 nitrogen and oxygen atoms in total. The average molecular weight is 146 g/mol. The largest absolute Gasteiger partial charge is 0.175 e. The van der Waals surface area contributed by atoms with Gasteiger partial charge in [-0.05, 0) is 17.8 Å². The maximum atomic E-state index is 4.43. The molecule has 0 radical (unpaired) electrons. The highest BCUT2D eigenvalue weighted by atomic mass is 32.1. The molecule has 4 atom stereocenters. The van der Waals surface area contributed by atoms with E-state index in [0.717, 1.165) is 5.92 Å². The van der Waals surface area contributed by atoms with Crippen molar-refractivity contribution < 1.29 is 0 Å². The van der Waals surface area contributed by atoms with Crippen molar-refractivity contribution in [1.29, 1.82) is 0 Å². The smallest absolute Gasteiger partial charge is 0.0119 e. The van der Waals surface area contributed by atoms with Gasteiger partial charge < -0.3 is 0 Å². The van der Waals surface area contributed by atoms with Gasteiger partial charge in [-0.25, -0.2) is 0 Å². The summed E-state index contributed by atoms with van der Waals surface area (Å²) >= 11 is 8.82. The Kier molecular flexibility index (Phi) is 0.849. The minimum absolute atomic E-state index is 0.603. The van der Waals surface area contributed by atoms with E-state index in [1.165, 1.54) is 6.42 Å². The normalized spacial score (nSPS) is 68.6. The van der Waals surface area contributed by atoms with Crippen LogP contribution in [0.4, 0.5) is 0 Å². The molecule has 4 unspecified atom stereocenters. The van der Waals surface area contributed by atoms with Crippen LogP contribution in [0.25, 0.3) is 0 Å². The lowest BCUT2D eigenvalue weighted by molar-refractivity contribution is 0.777. The molecule has 8 heavy (non-hydrogen) atoms. The Labute approximate surface area is 60.9 Å². The van der Waals surface area contributed by atoms with Gasteiger partial charge in [0.15, 0.2) is 0 Å². The molecule has 2 heteroatoms. The molecule has 0 heterocycles. The van der Waals surface area contributed by atoms with Crippen LogP contribution in [-0.4, -0.2) is 10.5 Å². The Bertz CT molecular complexity index is 124. The summed E-state index contributed by atoms with van der Waals surface area (Å²) in [6.45, 7) is 2.27. The Balaban J connectivity index is 2.14. The van der Waals surface area contributed by atoms with Crippen molar-refractivity contribution in [3.63, 3.8) is 0 Å². The number of thiol groups is 2. The second kappa shape index (κ2) is 1.24. The highest BCUT2D eigenvalue weighted by Crippen LogP contribution is 2.74. The molecule has 0 aromatic carbocycles. The third-order valence-electron chi connectivity index (χ3n) is 2.77. The topological polar surface area (TPSA) is 0 Å². The Morgan fingerprint density at radius 3 is 1.88 bits per heavy atom. The average Bonchev–Trinajstić information content (AvgIpc) is 2.47. The predicted octanol–water partition coefficient (Wildman–Crippen LogP) is 1.62. The van der Waals surface area contributed by atoms with Crippen molar-refractivity contribution in [3.8, 4) is 0 Å². The first-order valence-corrected chi connectivity index (χ1v) is 4.09. The number of hydrogen-bond acceptors (Lipinski definition) is 2. The van der Waals surface area contributed by atoms with Crippen LogP contribution < -0.4 is 0 Å². The van der Waals surface area contributed by atoms with Crippen molar-refractivity contribution in [3.05, 3.63) is 0 Å². The van der Waals surface area contributed by atoms with E-state index < -0.39 is 0 Å². The van der Waals surface area contributed by atoms with Gasteiger partial charge in [0, 0.05) is 10.5 Å². The highest BCUT2D eigenvalue weighted by Gasteiger charge is 2.73. The zero-order valence-corrected chi connectivity index (χ0v) is 6.62. The lowest BCUT2D eigenvalue weighted by Gasteiger charge is -1.79. The van der Waals surface area contributed by atoms with E-state index in [-0.39, 0.29) is 0 Å². The quantitative estimate of drug-likeness (QED) is 0.477. The van der Waals surface area contributed by atoms with Crippen LogP contribution in [0.15, 0.2) is 0 Å². The summed E-state index contributed by atoms with van der Waals surface area (Å²) in [5, 5.41) is 1.35. The highest BCUT2D eigenvalue weighted by molar-refractivity contribution is 7.82. The van der Waals surface area contributed by atoms with Crippen molar-refractivity contribution in [2.75, 3.05) is 0 Å². The first-order chi connectivity index (χ1) is 3.69. The van der Waals surface area contributed by atoms with Gasteiger partial charge >= 0.3 is 0 Å². The van der Waals surface area contributed by atoms with Crippen LogP contribution in [0, 0.1) is 11.3 Å². The summed E-state index contributed by atoms with van der Waals surface area (Å²) in [4.78, 5) is 0. The Morgan fingerprint density at radius 2 is 1.88 bits per heavy atom. The molecule has 2 aliphatic carbocycles. The van der Waals surface area contributed by atoms with Crippen LogP contribution in [-0.2, 0) is 0 Å². The maximum absolute atomic E-state index is 4.43. The molecule has 0 aromatic rings. The van der Waals surface area contributed by atoms with E-state index in [1.807, 2.05) is 0 Å². The third-order valence-corrected chi connectivity index (χ3v) is 4.36. The van der Waals surface area contributed by atoms with Gasteiger partial charge in [0.1, 0.15) is 0 Å². The molecular weight excluding hydrogens is 136 g/mol. The van der Waals surface area contributed by atoms with Crippen molar-refractivity contribution in [2.24, 2.45) is 11.3 Å². The van der Waals surface area contributed by atoms with Crippen molar-refractivity contribution >= 4 is 25.3 Å². The van der Waals surface area contributed by atoms with Crippen LogP contribution >= 0.6 is 25.3 Å². The zero-order chi connectivity index (χ0) is 5.94. The zero-order valence-electron chi connectivity index (χ0n) is 4.83. The van der Waals surface area contributed by atoms with Gasteiger partial charge in [-0.2, -0.15) is 25.3 Å². The van der Waals surface area contributed by atoms with E-state index in [0.29, 0.717) is 15.9 Å². The second-order valence-electron chi connectivity index (χ2n) is 3.07. The number of rotatable bonds is 0. The van der Waals surface area contributed by atoms with E-state index >= 15 is 0 Å². The Morgan fingerprint density at radius 1 is 1.50 bits per heavy atom. The fraction of sp³-hybridized carbons (Fsp3) is 1.00. The standard InChI is InChI=1S/C6H10S2/c1-3-5(8)6(3)2-4(6)7/h3-5,7-8H,2H2,1H3. The third kappa shape index (κ3) is 0.388. The summed E-state index contributed by atoms with van der Waals surface area (Å²) in [7, 11) is 0. The monoisotopic (exact) mass is 146 g/mol. The van der Waals surface area contributed by atoms with Gasteiger partial charge in [0.05, 0.1) is 0 Å². The molecule has 2 rings (SSSR count). The van der Waals surface area contributed by atoms with Gasteiger partial charge in [-0.15, -0.1) is 0 Å². The maximum Gasteiger partial charge on any atom is 0.0119 e. The van der Waals surface area contributed by atoms with Crippen LogP contribution in [0.2, 0.25) is 0 Å². The van der Waals surface area contributed by atoms with Crippen molar-refractivity contribution in [1.82, 2.24) is 0 Å². The molecule has 0 amide bonds. The van der Waals surface area contributed by atoms with Crippen molar-refractivity contribution in [2.45, 2.75) is 23.8 Å². The SMILES string of the molecule is CC1C(S)C12CC2S. The first-order valence-electron chi connectivity index (χ1n) is 3.05. The molecule has 0 N–H and O–H groups in total. The molecule has 2 fully saturated rings. The van der Waals surface area contributed by atoms with Crippen LogP contribution in [0.5, 0.6) is 0 Å². The second-order valence-corrected chi connectivity index (χ2v) is 4.25. The summed E-state index contributed by atoms with van der Waals surface area (Å²) in [5.74, 6) is 0.841. The Hall–Kier alpha value is 0.700. The minimum Gasteiger partial charge on any atom is -0.175 e. The molecule has 0 bridgehead atoms. The molecule has 1 spiro atoms. The molecule has 46 valence electrons. The van der Waals surface area contributed by atoms with Gasteiger partial charge in [0.2, 0.25) is 0 Å². The summed E-state index contributed by atoms with van der Waals surface area (Å²) < 4.78 is 0. The van der Waals surface area contributed by atoms with Gasteiger partial charge in [-0.3, -0.25) is 0 Å². The lowest BCUT2D eigenvalue weighted by atomic mass is 10.3. The fourth-order valence-corrected chi connectivity index (χ4v) is 3.26. The van der Waals surface area contributed by atoms with Gasteiger partial charge in [-0.1, -0.05) is 6.92 Å². The summed E-state index contributed by atoms with van der Waals surface area (Å²) in [5.41, 5.74) is 0.603. The minimum atomic E-state index is 0.603. The predicted molar refractivity (Wildman–Crippen MR) is 41.8 cm³/mol. The molecule has 2 saturated carbocycles. The first kappa shape index (κ1) is 5.48. The molecule has 0 saturated heterocycles. The van der Waals surface area contributed by atoms with Crippen LogP contribution in [0.3, 0.4) is 0 Å². The van der Waals surface area contributed by atoms with Gasteiger partial charge in [0.25, 0.3) is 0 Å². The fourth-order valence-electron chi connectivity index (χ4n) is 1.71. The van der Waals surface area contributed by atoms with E-state index in [1.54, 1.807) is 0 Å². The van der Waals surface area contributed by atoms with E-state index in [9.17, 15) is 0 Å². The number of hydrogen-bond donors (Lipinski definition) is 2. The van der Waals surface area contributed by atoms with E-state index in [2.05, 4.69) is 32.2 Å². The van der Waals surface area contributed by atoms with Crippen LogP contribution in [0.1, 0.15) is 13.3 Å². The van der Waals surface area contributed by atoms with E-state index in [4.69, 9.17) is 0 Å². The summed E-state index contributed by atoms with van der Waals surface area (Å²) in [6.07, 6.45) is 1.31. The molecule has 0 aromatic heterocycles. The molecule has 2 aliphatic rings. The summed E-state index contributed by atoms with van der Waals surface area (Å²) in [6, 6.07) is 0. The lowest BCUT2D eigenvalue weighted by Crippen LogP contribution is -1.78. The molecular formula is C6H10S2.